The van der Waals surface area contributed by atoms with Crippen LogP contribution in [0.4, 0.5) is 5.69 Å². The molecule has 2 fully saturated rings. The molecule has 2 saturated heterocycles. The summed E-state index contributed by atoms with van der Waals surface area (Å²) in [5.41, 5.74) is 1.98. The molecule has 2 aliphatic rings. The molecule has 5 heteroatoms. The van der Waals surface area contributed by atoms with Crippen molar-refractivity contribution in [2.75, 3.05) is 37.7 Å². The maximum atomic E-state index is 12.5. The Labute approximate surface area is 124 Å². The first kappa shape index (κ1) is 14.1. The van der Waals surface area contributed by atoms with Crippen LogP contribution < -0.4 is 4.90 Å². The third kappa shape index (κ3) is 2.78. The van der Waals surface area contributed by atoms with E-state index in [2.05, 4.69) is 0 Å². The Bertz CT molecular complexity index is 552. The minimum atomic E-state index is -0.227. The number of anilines is 1. The normalized spacial score (nSPS) is 22.7. The van der Waals surface area contributed by atoms with E-state index in [-0.39, 0.29) is 17.7 Å². The quantitative estimate of drug-likeness (QED) is 0.822. The summed E-state index contributed by atoms with van der Waals surface area (Å²) in [4.78, 5) is 28.3. The molecule has 0 saturated carbocycles. The number of carbonyl (C=O) groups excluding carboxylic acids is 2. The van der Waals surface area contributed by atoms with E-state index >= 15 is 0 Å². The lowest BCUT2D eigenvalue weighted by Gasteiger charge is -2.29. The van der Waals surface area contributed by atoms with Crippen LogP contribution in [0.15, 0.2) is 24.3 Å². The van der Waals surface area contributed by atoms with Crippen molar-refractivity contribution in [2.24, 2.45) is 5.92 Å². The number of morpholine rings is 1. The van der Waals surface area contributed by atoms with Gasteiger partial charge in [-0.15, -0.1) is 0 Å². The Kier molecular flexibility index (Phi) is 3.92. The molecule has 0 aromatic heterocycles. The first-order valence-corrected chi connectivity index (χ1v) is 7.39. The van der Waals surface area contributed by atoms with Gasteiger partial charge in [-0.3, -0.25) is 9.59 Å². The SMILES string of the molecule is Cc1ccccc1N1C[C@H](C(=O)N2CCOCC2)CC1=O. The predicted molar refractivity (Wildman–Crippen MR) is 79.0 cm³/mol. The Morgan fingerprint density at radius 1 is 1.24 bits per heavy atom. The third-order valence-electron chi connectivity index (χ3n) is 4.20. The van der Waals surface area contributed by atoms with Crippen LogP contribution in [-0.2, 0) is 14.3 Å². The molecule has 0 unspecified atom stereocenters. The van der Waals surface area contributed by atoms with Gasteiger partial charge in [-0.25, -0.2) is 0 Å². The van der Waals surface area contributed by atoms with Gasteiger partial charge >= 0.3 is 0 Å². The van der Waals surface area contributed by atoms with E-state index in [0.29, 0.717) is 39.3 Å². The van der Waals surface area contributed by atoms with Gasteiger partial charge in [-0.1, -0.05) is 18.2 Å². The molecule has 0 N–H and O–H groups in total. The number of aryl methyl sites for hydroxylation is 1. The number of nitrogens with zero attached hydrogens (tertiary/aromatic N) is 2. The summed E-state index contributed by atoms with van der Waals surface area (Å²) in [6, 6.07) is 7.80. The summed E-state index contributed by atoms with van der Waals surface area (Å²) in [6.07, 6.45) is 0.310. The van der Waals surface area contributed by atoms with Gasteiger partial charge in [0.2, 0.25) is 11.8 Å². The fourth-order valence-electron chi connectivity index (χ4n) is 3.01. The average Bonchev–Trinajstić information content (AvgIpc) is 2.90. The molecule has 3 rings (SSSR count). The van der Waals surface area contributed by atoms with Crippen molar-refractivity contribution in [3.63, 3.8) is 0 Å². The maximum absolute atomic E-state index is 12.5. The van der Waals surface area contributed by atoms with Gasteiger partial charge in [0.05, 0.1) is 19.1 Å². The van der Waals surface area contributed by atoms with Crippen LogP contribution in [0.25, 0.3) is 0 Å². The zero-order chi connectivity index (χ0) is 14.8. The van der Waals surface area contributed by atoms with Crippen molar-refractivity contribution in [3.8, 4) is 0 Å². The Morgan fingerprint density at radius 3 is 2.67 bits per heavy atom. The summed E-state index contributed by atoms with van der Waals surface area (Å²) >= 11 is 0. The van der Waals surface area contributed by atoms with Gasteiger partial charge in [0.25, 0.3) is 0 Å². The number of ether oxygens (including phenoxy) is 1. The van der Waals surface area contributed by atoms with E-state index in [1.54, 1.807) is 4.90 Å². The van der Waals surface area contributed by atoms with Crippen LogP contribution in [0.3, 0.4) is 0 Å². The van der Waals surface area contributed by atoms with Crippen LogP contribution in [0.1, 0.15) is 12.0 Å². The van der Waals surface area contributed by atoms with E-state index in [0.717, 1.165) is 11.3 Å². The molecule has 1 atom stereocenters. The van der Waals surface area contributed by atoms with E-state index < -0.39 is 0 Å². The van der Waals surface area contributed by atoms with Crippen molar-refractivity contribution in [3.05, 3.63) is 29.8 Å². The minimum absolute atomic E-state index is 0.0379. The van der Waals surface area contributed by atoms with Gasteiger partial charge in [0, 0.05) is 31.7 Å². The first-order chi connectivity index (χ1) is 10.2. The molecule has 0 spiro atoms. The second kappa shape index (κ2) is 5.85. The van der Waals surface area contributed by atoms with Crippen LogP contribution >= 0.6 is 0 Å². The lowest BCUT2D eigenvalue weighted by molar-refractivity contribution is -0.139. The largest absolute Gasteiger partial charge is 0.378 e. The van der Waals surface area contributed by atoms with Gasteiger partial charge in [0.15, 0.2) is 0 Å². The monoisotopic (exact) mass is 288 g/mol. The van der Waals surface area contributed by atoms with Crippen molar-refractivity contribution >= 4 is 17.5 Å². The minimum Gasteiger partial charge on any atom is -0.378 e. The molecule has 0 radical (unpaired) electrons. The van der Waals surface area contributed by atoms with E-state index in [1.165, 1.54) is 0 Å². The van der Waals surface area contributed by atoms with Crippen LogP contribution in [0.2, 0.25) is 0 Å². The smallest absolute Gasteiger partial charge is 0.228 e. The van der Waals surface area contributed by atoms with E-state index in [9.17, 15) is 9.59 Å². The van der Waals surface area contributed by atoms with Crippen LogP contribution in [0.5, 0.6) is 0 Å². The zero-order valence-corrected chi connectivity index (χ0v) is 12.2. The van der Waals surface area contributed by atoms with Gasteiger partial charge in [-0.2, -0.15) is 0 Å². The highest BCUT2D eigenvalue weighted by molar-refractivity contribution is 6.00. The standard InChI is InChI=1S/C16H20N2O3/c1-12-4-2-3-5-14(12)18-11-13(10-15(18)19)16(20)17-6-8-21-9-7-17/h2-5,13H,6-11H2,1H3/t13-/m1/s1. The molecule has 1 aromatic carbocycles. The summed E-state index contributed by atoms with van der Waals surface area (Å²) in [7, 11) is 0. The molecule has 0 bridgehead atoms. The van der Waals surface area contributed by atoms with Gasteiger partial charge < -0.3 is 14.5 Å². The lowest BCUT2D eigenvalue weighted by atomic mass is 10.1. The van der Waals surface area contributed by atoms with Gasteiger partial charge in [-0.05, 0) is 18.6 Å². The van der Waals surface area contributed by atoms with Crippen LogP contribution in [0, 0.1) is 12.8 Å². The summed E-state index contributed by atoms with van der Waals surface area (Å²) in [5, 5.41) is 0. The molecule has 21 heavy (non-hydrogen) atoms. The number of rotatable bonds is 2. The zero-order valence-electron chi connectivity index (χ0n) is 12.2. The lowest BCUT2D eigenvalue weighted by Crippen LogP contribution is -2.44. The first-order valence-electron chi connectivity index (χ1n) is 7.39. The number of hydrogen-bond donors (Lipinski definition) is 0. The van der Waals surface area contributed by atoms with Crippen molar-refractivity contribution in [1.82, 2.24) is 4.90 Å². The third-order valence-corrected chi connectivity index (χ3v) is 4.20. The van der Waals surface area contributed by atoms with Gasteiger partial charge in [0.1, 0.15) is 0 Å². The Balaban J connectivity index is 1.72. The molecule has 2 heterocycles. The highest BCUT2D eigenvalue weighted by atomic mass is 16.5. The van der Waals surface area contributed by atoms with Crippen molar-refractivity contribution in [1.29, 1.82) is 0 Å². The van der Waals surface area contributed by atoms with E-state index in [4.69, 9.17) is 4.74 Å². The molecular formula is C16H20N2O3. The molecule has 2 amide bonds. The molecule has 112 valence electrons. The van der Waals surface area contributed by atoms with Crippen molar-refractivity contribution in [2.45, 2.75) is 13.3 Å². The number of amides is 2. The second-order valence-electron chi connectivity index (χ2n) is 5.63. The van der Waals surface area contributed by atoms with Crippen molar-refractivity contribution < 1.29 is 14.3 Å². The fraction of sp³-hybridized carbons (Fsp3) is 0.500. The van der Waals surface area contributed by atoms with Crippen LogP contribution in [-0.4, -0.2) is 49.6 Å². The molecular weight excluding hydrogens is 268 g/mol. The fourth-order valence-corrected chi connectivity index (χ4v) is 3.01. The predicted octanol–water partition coefficient (Wildman–Crippen LogP) is 1.21. The second-order valence-corrected chi connectivity index (χ2v) is 5.63. The number of carbonyl (C=O) groups is 2. The molecule has 5 nitrogen and oxygen atoms in total. The Morgan fingerprint density at radius 2 is 1.95 bits per heavy atom. The topological polar surface area (TPSA) is 49.9 Å². The summed E-state index contributed by atoms with van der Waals surface area (Å²) < 4.78 is 5.27. The highest BCUT2D eigenvalue weighted by Crippen LogP contribution is 2.28. The highest BCUT2D eigenvalue weighted by Gasteiger charge is 2.37. The number of para-hydroxylation sites is 1. The summed E-state index contributed by atoms with van der Waals surface area (Å²) in [6.45, 7) is 4.92. The maximum Gasteiger partial charge on any atom is 0.228 e. The molecule has 2 aliphatic heterocycles. The Hall–Kier alpha value is -1.88. The average molecular weight is 288 g/mol. The number of benzene rings is 1. The summed E-state index contributed by atoms with van der Waals surface area (Å²) in [5.74, 6) is -0.103. The number of hydrogen-bond acceptors (Lipinski definition) is 3. The van der Waals surface area contributed by atoms with E-state index in [1.807, 2.05) is 36.1 Å². The molecule has 1 aromatic rings. The molecule has 0 aliphatic carbocycles.